The van der Waals surface area contributed by atoms with Crippen molar-refractivity contribution in [2.45, 2.75) is 31.7 Å². The molecule has 0 spiro atoms. The topological polar surface area (TPSA) is 110 Å². The molecule has 0 fully saturated rings. The number of aliphatic carboxylic acids is 2. The second-order valence-electron chi connectivity index (χ2n) is 5.20. The van der Waals surface area contributed by atoms with Crippen LogP contribution in [-0.4, -0.2) is 78.3 Å². The number of hydrogen-bond donors (Lipinski definition) is 3. The first-order valence-corrected chi connectivity index (χ1v) is 6.85. The Bertz CT molecular complexity index is 360. The van der Waals surface area contributed by atoms with E-state index >= 15 is 0 Å². The van der Waals surface area contributed by atoms with E-state index in [1.807, 2.05) is 19.0 Å². The molecule has 0 bridgehead atoms. The van der Waals surface area contributed by atoms with E-state index in [4.69, 9.17) is 10.2 Å². The molecule has 0 saturated carbocycles. The zero-order valence-corrected chi connectivity index (χ0v) is 12.8. The number of carbonyl (C=O) groups is 3. The number of hydrogen-bond acceptors (Lipinski definition) is 4. The first kappa shape index (κ1) is 19.2. The van der Waals surface area contributed by atoms with Gasteiger partial charge in [-0.3, -0.25) is 4.79 Å². The Morgan fingerprint density at radius 2 is 1.67 bits per heavy atom. The van der Waals surface area contributed by atoms with E-state index in [1.165, 1.54) is 4.90 Å². The summed E-state index contributed by atoms with van der Waals surface area (Å²) in [5.41, 5.74) is 0. The van der Waals surface area contributed by atoms with Gasteiger partial charge in [0.15, 0.2) is 0 Å². The Morgan fingerprint density at radius 3 is 2.14 bits per heavy atom. The van der Waals surface area contributed by atoms with E-state index in [0.717, 1.165) is 13.0 Å². The van der Waals surface area contributed by atoms with Gasteiger partial charge in [-0.2, -0.15) is 0 Å². The standard InChI is InChI=1S/C13H25N3O5/c1-15(2)8-5-9-16(3)13(21)14-10(12(19)20)6-4-7-11(17)18/h10H,4-9H2,1-3H3,(H,14,21)(H,17,18)(H,19,20)/t10-/m1/s1. The second kappa shape index (κ2) is 9.98. The molecule has 0 rings (SSSR count). The van der Waals surface area contributed by atoms with Gasteiger partial charge in [0.2, 0.25) is 0 Å². The van der Waals surface area contributed by atoms with Gasteiger partial charge in [0.05, 0.1) is 0 Å². The Morgan fingerprint density at radius 1 is 1.05 bits per heavy atom. The number of nitrogens with zero attached hydrogens (tertiary/aromatic N) is 2. The molecule has 3 N–H and O–H groups in total. The van der Waals surface area contributed by atoms with Gasteiger partial charge in [0, 0.05) is 20.0 Å². The fraction of sp³-hybridized carbons (Fsp3) is 0.769. The largest absolute Gasteiger partial charge is 0.481 e. The lowest BCUT2D eigenvalue weighted by atomic mass is 10.1. The molecule has 0 unspecified atom stereocenters. The monoisotopic (exact) mass is 303 g/mol. The maximum absolute atomic E-state index is 11.9. The van der Waals surface area contributed by atoms with Gasteiger partial charge in [-0.1, -0.05) is 0 Å². The molecular formula is C13H25N3O5. The summed E-state index contributed by atoms with van der Waals surface area (Å²) in [6, 6.07) is -1.52. The average Bonchev–Trinajstić information content (AvgIpc) is 2.36. The highest BCUT2D eigenvalue weighted by atomic mass is 16.4. The minimum absolute atomic E-state index is 0.0961. The number of urea groups is 1. The summed E-state index contributed by atoms with van der Waals surface area (Å²) in [4.78, 5) is 36.7. The lowest BCUT2D eigenvalue weighted by Crippen LogP contribution is -2.47. The van der Waals surface area contributed by atoms with Crippen LogP contribution in [0.3, 0.4) is 0 Å². The summed E-state index contributed by atoms with van der Waals surface area (Å²) in [6.07, 6.45) is 0.974. The van der Waals surface area contributed by atoms with Crippen LogP contribution >= 0.6 is 0 Å². The van der Waals surface area contributed by atoms with Crippen molar-refractivity contribution in [1.29, 1.82) is 0 Å². The van der Waals surface area contributed by atoms with Gasteiger partial charge >= 0.3 is 18.0 Å². The summed E-state index contributed by atoms with van der Waals surface area (Å²) < 4.78 is 0. The van der Waals surface area contributed by atoms with Gasteiger partial charge in [0.25, 0.3) is 0 Å². The summed E-state index contributed by atoms with van der Waals surface area (Å²) in [5.74, 6) is -2.14. The molecule has 8 nitrogen and oxygen atoms in total. The van der Waals surface area contributed by atoms with Gasteiger partial charge in [-0.05, 0) is 39.9 Å². The zero-order chi connectivity index (χ0) is 16.4. The first-order chi connectivity index (χ1) is 9.73. The minimum atomic E-state index is -1.16. The molecule has 0 aliphatic heterocycles. The predicted molar refractivity (Wildman–Crippen MR) is 77.2 cm³/mol. The smallest absolute Gasteiger partial charge is 0.326 e. The minimum Gasteiger partial charge on any atom is -0.481 e. The molecule has 0 aromatic rings. The van der Waals surface area contributed by atoms with Crippen LogP contribution in [0, 0.1) is 0 Å². The van der Waals surface area contributed by atoms with Crippen molar-refractivity contribution in [3.05, 3.63) is 0 Å². The van der Waals surface area contributed by atoms with Gasteiger partial charge in [-0.25, -0.2) is 9.59 Å². The lowest BCUT2D eigenvalue weighted by Gasteiger charge is -2.22. The molecule has 0 aliphatic rings. The van der Waals surface area contributed by atoms with Crippen LogP contribution in [-0.2, 0) is 9.59 Å². The molecule has 8 heteroatoms. The summed E-state index contributed by atoms with van der Waals surface area (Å²) in [5, 5.41) is 20.0. The Labute approximate surface area is 124 Å². The van der Waals surface area contributed by atoms with Gasteiger partial charge in [0.1, 0.15) is 6.04 Å². The molecule has 1 atom stereocenters. The summed E-state index contributed by atoms with van der Waals surface area (Å²) >= 11 is 0. The fourth-order valence-corrected chi connectivity index (χ4v) is 1.70. The van der Waals surface area contributed by atoms with Crippen LogP contribution in [0.4, 0.5) is 4.79 Å². The maximum Gasteiger partial charge on any atom is 0.326 e. The molecule has 0 aromatic heterocycles. The maximum atomic E-state index is 11.9. The van der Waals surface area contributed by atoms with Crippen molar-refractivity contribution in [2.24, 2.45) is 0 Å². The van der Waals surface area contributed by atoms with Crippen molar-refractivity contribution >= 4 is 18.0 Å². The van der Waals surface area contributed by atoms with Crippen molar-refractivity contribution in [2.75, 3.05) is 34.2 Å². The third kappa shape index (κ3) is 9.67. The van der Waals surface area contributed by atoms with E-state index in [1.54, 1.807) is 7.05 Å². The first-order valence-electron chi connectivity index (χ1n) is 6.85. The third-order valence-corrected chi connectivity index (χ3v) is 2.92. The second-order valence-corrected chi connectivity index (χ2v) is 5.20. The molecule has 0 saturated heterocycles. The van der Waals surface area contributed by atoms with E-state index in [9.17, 15) is 14.4 Å². The Hall–Kier alpha value is -1.83. The highest BCUT2D eigenvalue weighted by molar-refractivity contribution is 5.82. The highest BCUT2D eigenvalue weighted by Crippen LogP contribution is 2.03. The predicted octanol–water partition coefficient (Wildman–Crippen LogP) is 0.288. The van der Waals surface area contributed by atoms with Gasteiger partial charge < -0.3 is 25.3 Å². The SMILES string of the molecule is CN(C)CCCN(C)C(=O)N[C@H](CCCC(=O)O)C(=O)O. The van der Waals surface area contributed by atoms with Crippen molar-refractivity contribution in [3.63, 3.8) is 0 Å². The molecule has 0 aromatic carbocycles. The summed E-state index contributed by atoms with van der Waals surface area (Å²) in [7, 11) is 5.47. The summed E-state index contributed by atoms with van der Waals surface area (Å²) in [6.45, 7) is 1.35. The number of rotatable bonds is 10. The zero-order valence-electron chi connectivity index (χ0n) is 12.8. The van der Waals surface area contributed by atoms with Crippen molar-refractivity contribution in [1.82, 2.24) is 15.1 Å². The quantitative estimate of drug-likeness (QED) is 0.535. The highest BCUT2D eigenvalue weighted by Gasteiger charge is 2.21. The number of nitrogens with one attached hydrogen (secondary N) is 1. The van der Waals surface area contributed by atoms with E-state index in [-0.39, 0.29) is 19.3 Å². The van der Waals surface area contributed by atoms with Crippen LogP contribution in [0.2, 0.25) is 0 Å². The van der Waals surface area contributed by atoms with Crippen LogP contribution < -0.4 is 5.32 Å². The van der Waals surface area contributed by atoms with Crippen LogP contribution in [0.15, 0.2) is 0 Å². The normalized spacial score (nSPS) is 12.0. The lowest BCUT2D eigenvalue weighted by molar-refractivity contribution is -0.140. The van der Waals surface area contributed by atoms with Crippen LogP contribution in [0.5, 0.6) is 0 Å². The molecule has 21 heavy (non-hydrogen) atoms. The molecule has 122 valence electrons. The van der Waals surface area contributed by atoms with E-state index < -0.39 is 24.0 Å². The average molecular weight is 303 g/mol. The molecule has 0 radical (unpaired) electrons. The van der Waals surface area contributed by atoms with Gasteiger partial charge in [-0.15, -0.1) is 0 Å². The van der Waals surface area contributed by atoms with E-state index in [0.29, 0.717) is 6.54 Å². The third-order valence-electron chi connectivity index (χ3n) is 2.92. The molecule has 0 heterocycles. The number of amides is 2. The number of carboxylic acid groups (broad SMARTS) is 2. The molecule has 0 aliphatic carbocycles. The Kier molecular flexibility index (Phi) is 9.11. The van der Waals surface area contributed by atoms with Crippen molar-refractivity contribution in [3.8, 4) is 0 Å². The number of carboxylic acids is 2. The Balaban J connectivity index is 4.20. The number of carbonyl (C=O) groups excluding carboxylic acids is 1. The molecule has 2 amide bonds. The fourth-order valence-electron chi connectivity index (χ4n) is 1.70. The van der Waals surface area contributed by atoms with Crippen molar-refractivity contribution < 1.29 is 24.6 Å². The van der Waals surface area contributed by atoms with Crippen LogP contribution in [0.1, 0.15) is 25.7 Å². The van der Waals surface area contributed by atoms with Crippen LogP contribution in [0.25, 0.3) is 0 Å². The van der Waals surface area contributed by atoms with E-state index in [2.05, 4.69) is 5.32 Å². The molecular weight excluding hydrogens is 278 g/mol.